The fourth-order valence-corrected chi connectivity index (χ4v) is 1.84. The molecule has 2 rings (SSSR count). The number of imide groups is 1. The summed E-state index contributed by atoms with van der Waals surface area (Å²) < 4.78 is 0. The standard InChI is InChI=1S/C11H9ClN4O2/c12-9-6(5-13)3-4-14-10(9)15-7-1-2-8(17)16-11(7)18/h3-4,7H,1-2H2,(H,14,15)(H,16,17,18). The van der Waals surface area contributed by atoms with Crippen LogP contribution in [0.1, 0.15) is 18.4 Å². The predicted octanol–water partition coefficient (Wildman–Crippen LogP) is 0.824. The summed E-state index contributed by atoms with van der Waals surface area (Å²) in [6, 6.07) is 2.84. The number of hydrogen-bond acceptors (Lipinski definition) is 5. The van der Waals surface area contributed by atoms with Crippen LogP contribution in [0, 0.1) is 11.3 Å². The minimum absolute atomic E-state index is 0.171. The first kappa shape index (κ1) is 12.3. The third-order valence-electron chi connectivity index (χ3n) is 2.56. The van der Waals surface area contributed by atoms with Crippen LogP contribution in [0.3, 0.4) is 0 Å². The highest BCUT2D eigenvalue weighted by atomic mass is 35.5. The van der Waals surface area contributed by atoms with E-state index in [0.29, 0.717) is 6.42 Å². The van der Waals surface area contributed by atoms with E-state index in [9.17, 15) is 9.59 Å². The molecule has 2 amide bonds. The molecule has 1 aliphatic rings. The average Bonchev–Trinajstić information content (AvgIpc) is 2.35. The average molecular weight is 265 g/mol. The number of carbonyl (C=O) groups is 2. The molecule has 18 heavy (non-hydrogen) atoms. The Morgan fingerprint density at radius 3 is 3.00 bits per heavy atom. The van der Waals surface area contributed by atoms with E-state index in [1.807, 2.05) is 6.07 Å². The first-order valence-electron chi connectivity index (χ1n) is 5.26. The molecule has 1 unspecified atom stereocenters. The van der Waals surface area contributed by atoms with Gasteiger partial charge in [-0.25, -0.2) is 4.98 Å². The highest BCUT2D eigenvalue weighted by molar-refractivity contribution is 6.34. The summed E-state index contributed by atoms with van der Waals surface area (Å²) in [7, 11) is 0. The molecular weight excluding hydrogens is 256 g/mol. The number of nitriles is 1. The van der Waals surface area contributed by atoms with Gasteiger partial charge in [-0.2, -0.15) is 5.26 Å². The lowest BCUT2D eigenvalue weighted by Gasteiger charge is -2.22. The van der Waals surface area contributed by atoms with E-state index in [1.165, 1.54) is 12.3 Å². The lowest BCUT2D eigenvalue weighted by molar-refractivity contribution is -0.133. The van der Waals surface area contributed by atoms with Crippen LogP contribution in [0.25, 0.3) is 0 Å². The van der Waals surface area contributed by atoms with Gasteiger partial charge in [0.1, 0.15) is 23.0 Å². The van der Waals surface area contributed by atoms with Gasteiger partial charge in [0.25, 0.3) is 0 Å². The van der Waals surface area contributed by atoms with Crippen molar-refractivity contribution in [2.24, 2.45) is 0 Å². The Morgan fingerprint density at radius 1 is 1.56 bits per heavy atom. The number of hydrogen-bond donors (Lipinski definition) is 2. The van der Waals surface area contributed by atoms with Gasteiger partial charge in [-0.1, -0.05) is 11.6 Å². The third-order valence-corrected chi connectivity index (χ3v) is 2.94. The number of pyridine rings is 1. The fraction of sp³-hybridized carbons (Fsp3) is 0.273. The molecule has 0 aliphatic carbocycles. The molecular formula is C11H9ClN4O2. The van der Waals surface area contributed by atoms with Crippen molar-refractivity contribution in [1.29, 1.82) is 5.26 Å². The molecule has 2 N–H and O–H groups in total. The molecule has 1 saturated heterocycles. The van der Waals surface area contributed by atoms with Crippen molar-refractivity contribution >= 4 is 29.2 Å². The van der Waals surface area contributed by atoms with Crippen LogP contribution in [-0.2, 0) is 9.59 Å². The summed E-state index contributed by atoms with van der Waals surface area (Å²) in [4.78, 5) is 26.5. The molecule has 1 aliphatic heterocycles. The SMILES string of the molecule is N#Cc1ccnc(NC2CCC(=O)NC2=O)c1Cl. The van der Waals surface area contributed by atoms with Crippen molar-refractivity contribution in [2.75, 3.05) is 5.32 Å². The molecule has 0 aromatic carbocycles. The minimum Gasteiger partial charge on any atom is -0.357 e. The van der Waals surface area contributed by atoms with Crippen LogP contribution in [0.2, 0.25) is 5.02 Å². The number of halogens is 1. The Balaban J connectivity index is 2.17. The van der Waals surface area contributed by atoms with Gasteiger partial charge in [0.05, 0.1) is 5.56 Å². The van der Waals surface area contributed by atoms with Crippen LogP contribution >= 0.6 is 11.6 Å². The van der Waals surface area contributed by atoms with E-state index < -0.39 is 11.9 Å². The fourth-order valence-electron chi connectivity index (χ4n) is 1.63. The Morgan fingerprint density at radius 2 is 2.33 bits per heavy atom. The number of piperidine rings is 1. The summed E-state index contributed by atoms with van der Waals surface area (Å²) in [5.74, 6) is -0.431. The number of nitrogens with one attached hydrogen (secondary N) is 2. The highest BCUT2D eigenvalue weighted by Gasteiger charge is 2.27. The number of amides is 2. The largest absolute Gasteiger partial charge is 0.357 e. The van der Waals surface area contributed by atoms with Gasteiger partial charge in [0.15, 0.2) is 0 Å². The maximum absolute atomic E-state index is 11.5. The van der Waals surface area contributed by atoms with Gasteiger partial charge in [-0.15, -0.1) is 0 Å². The summed E-state index contributed by atoms with van der Waals surface area (Å²) in [5.41, 5.74) is 0.279. The normalized spacial score (nSPS) is 19.0. The van der Waals surface area contributed by atoms with Crippen molar-refractivity contribution < 1.29 is 9.59 Å². The first-order chi connectivity index (χ1) is 8.61. The summed E-state index contributed by atoms with van der Waals surface area (Å²) in [5, 5.41) is 14.0. The summed E-state index contributed by atoms with van der Waals surface area (Å²) >= 11 is 5.96. The highest BCUT2D eigenvalue weighted by Crippen LogP contribution is 2.24. The Labute approximate surface area is 108 Å². The van der Waals surface area contributed by atoms with Crippen LogP contribution in [0.15, 0.2) is 12.3 Å². The second-order valence-corrected chi connectivity index (χ2v) is 4.16. The lowest BCUT2D eigenvalue weighted by Crippen LogP contribution is -2.47. The quantitative estimate of drug-likeness (QED) is 0.771. The van der Waals surface area contributed by atoms with Crippen LogP contribution in [0.4, 0.5) is 5.82 Å². The number of nitrogens with zero attached hydrogens (tertiary/aromatic N) is 2. The molecule has 1 aromatic rings. The summed E-state index contributed by atoms with van der Waals surface area (Å²) in [6.07, 6.45) is 2.07. The Hall–Kier alpha value is -2.13. The number of anilines is 1. The Kier molecular flexibility index (Phi) is 3.44. The minimum atomic E-state index is -0.568. The van der Waals surface area contributed by atoms with Gasteiger partial charge in [0, 0.05) is 12.6 Å². The molecule has 7 heteroatoms. The zero-order valence-corrected chi connectivity index (χ0v) is 9.99. The van der Waals surface area contributed by atoms with Crippen LogP contribution < -0.4 is 10.6 Å². The molecule has 92 valence electrons. The summed E-state index contributed by atoms with van der Waals surface area (Å²) in [6.45, 7) is 0. The molecule has 0 bridgehead atoms. The molecule has 1 aromatic heterocycles. The zero-order valence-electron chi connectivity index (χ0n) is 9.24. The maximum Gasteiger partial charge on any atom is 0.249 e. The van der Waals surface area contributed by atoms with Crippen molar-refractivity contribution in [3.05, 3.63) is 22.8 Å². The van der Waals surface area contributed by atoms with Crippen LogP contribution in [-0.4, -0.2) is 22.8 Å². The Bertz CT molecular complexity index is 552. The van der Waals surface area contributed by atoms with E-state index >= 15 is 0 Å². The predicted molar refractivity (Wildman–Crippen MR) is 63.8 cm³/mol. The van der Waals surface area contributed by atoms with Crippen molar-refractivity contribution in [3.8, 4) is 6.07 Å². The van der Waals surface area contributed by atoms with E-state index in [0.717, 1.165) is 0 Å². The molecule has 0 radical (unpaired) electrons. The zero-order chi connectivity index (χ0) is 13.1. The van der Waals surface area contributed by atoms with E-state index in [-0.39, 0.29) is 28.7 Å². The first-order valence-corrected chi connectivity index (χ1v) is 5.64. The van der Waals surface area contributed by atoms with Gasteiger partial charge in [-0.05, 0) is 12.5 Å². The van der Waals surface area contributed by atoms with Crippen molar-refractivity contribution in [1.82, 2.24) is 10.3 Å². The van der Waals surface area contributed by atoms with Gasteiger partial charge < -0.3 is 5.32 Å². The molecule has 0 spiro atoms. The number of aromatic nitrogens is 1. The molecule has 1 atom stereocenters. The molecule has 2 heterocycles. The van der Waals surface area contributed by atoms with Crippen molar-refractivity contribution in [3.63, 3.8) is 0 Å². The molecule has 6 nitrogen and oxygen atoms in total. The second-order valence-electron chi connectivity index (χ2n) is 3.78. The van der Waals surface area contributed by atoms with Gasteiger partial charge in [-0.3, -0.25) is 14.9 Å². The topological polar surface area (TPSA) is 94.9 Å². The second kappa shape index (κ2) is 5.02. The lowest BCUT2D eigenvalue weighted by atomic mass is 10.1. The van der Waals surface area contributed by atoms with Gasteiger partial charge in [0.2, 0.25) is 11.8 Å². The van der Waals surface area contributed by atoms with Gasteiger partial charge >= 0.3 is 0 Å². The third kappa shape index (κ3) is 2.41. The monoisotopic (exact) mass is 264 g/mol. The smallest absolute Gasteiger partial charge is 0.249 e. The van der Waals surface area contributed by atoms with E-state index in [4.69, 9.17) is 16.9 Å². The maximum atomic E-state index is 11.5. The van der Waals surface area contributed by atoms with Crippen molar-refractivity contribution in [2.45, 2.75) is 18.9 Å². The molecule has 0 saturated carbocycles. The number of carbonyl (C=O) groups excluding carboxylic acids is 2. The van der Waals surface area contributed by atoms with Crippen LogP contribution in [0.5, 0.6) is 0 Å². The number of rotatable bonds is 2. The van der Waals surface area contributed by atoms with E-state index in [1.54, 1.807) is 0 Å². The van der Waals surface area contributed by atoms with E-state index in [2.05, 4.69) is 15.6 Å². The molecule has 1 fully saturated rings.